The second-order valence-electron chi connectivity index (χ2n) is 8.35. The molecule has 2 aliphatic rings. The highest BCUT2D eigenvalue weighted by atomic mass is 35.5. The zero-order valence-corrected chi connectivity index (χ0v) is 19.4. The minimum Gasteiger partial charge on any atom is -0.468 e. The van der Waals surface area contributed by atoms with Crippen molar-refractivity contribution in [2.24, 2.45) is 5.92 Å². The molecule has 3 heterocycles. The number of hydrogen-bond donors (Lipinski definition) is 0. The standard InChI is InChI=1S/C24H28ClN3O5/c1-32-24(31)21(18-5-2-3-6-19(18)25)26-12-14-28(15-13-26)22(29)17-8-10-27(11-9-17)23(30)20-7-4-16-33-20/h2-7,16-17,21H,8-15H2,1H3/t21-/m1/s1. The van der Waals surface area contributed by atoms with Crippen molar-refractivity contribution in [2.75, 3.05) is 46.4 Å². The zero-order chi connectivity index (χ0) is 23.4. The Morgan fingerprint density at radius 1 is 0.970 bits per heavy atom. The fourth-order valence-corrected chi connectivity index (χ4v) is 4.86. The largest absolute Gasteiger partial charge is 0.468 e. The van der Waals surface area contributed by atoms with E-state index in [1.807, 2.05) is 28.0 Å². The molecular formula is C24H28ClN3O5. The number of esters is 1. The van der Waals surface area contributed by atoms with E-state index >= 15 is 0 Å². The molecule has 4 rings (SSSR count). The van der Waals surface area contributed by atoms with Crippen molar-refractivity contribution in [1.29, 1.82) is 0 Å². The molecule has 176 valence electrons. The highest BCUT2D eigenvalue weighted by molar-refractivity contribution is 6.31. The molecule has 0 N–H and O–H groups in total. The molecule has 2 amide bonds. The second-order valence-corrected chi connectivity index (χ2v) is 8.76. The molecule has 0 saturated carbocycles. The van der Waals surface area contributed by atoms with Crippen molar-refractivity contribution >= 4 is 29.4 Å². The van der Waals surface area contributed by atoms with E-state index in [2.05, 4.69) is 0 Å². The van der Waals surface area contributed by atoms with Crippen LogP contribution in [0.25, 0.3) is 0 Å². The van der Waals surface area contributed by atoms with Gasteiger partial charge in [0.05, 0.1) is 13.4 Å². The third-order valence-electron chi connectivity index (χ3n) is 6.48. The number of benzene rings is 1. The summed E-state index contributed by atoms with van der Waals surface area (Å²) < 4.78 is 10.2. The molecule has 9 heteroatoms. The Hall–Kier alpha value is -2.84. The lowest BCUT2D eigenvalue weighted by atomic mass is 9.94. The van der Waals surface area contributed by atoms with E-state index < -0.39 is 6.04 Å². The Morgan fingerprint density at radius 3 is 2.27 bits per heavy atom. The quantitative estimate of drug-likeness (QED) is 0.621. The normalized spacial score (nSPS) is 18.7. The number of halogens is 1. The van der Waals surface area contributed by atoms with Crippen molar-refractivity contribution in [1.82, 2.24) is 14.7 Å². The number of hydrogen-bond acceptors (Lipinski definition) is 6. The van der Waals surface area contributed by atoms with Gasteiger partial charge in [-0.2, -0.15) is 0 Å². The monoisotopic (exact) mass is 473 g/mol. The molecule has 2 fully saturated rings. The van der Waals surface area contributed by atoms with E-state index in [-0.39, 0.29) is 23.7 Å². The van der Waals surface area contributed by atoms with Crippen LogP contribution in [0.5, 0.6) is 0 Å². The summed E-state index contributed by atoms with van der Waals surface area (Å²) in [7, 11) is 1.37. The molecule has 1 aromatic carbocycles. The molecule has 1 atom stereocenters. The van der Waals surface area contributed by atoms with Crippen LogP contribution in [-0.4, -0.2) is 78.9 Å². The van der Waals surface area contributed by atoms with Gasteiger partial charge in [-0.1, -0.05) is 29.8 Å². The van der Waals surface area contributed by atoms with Gasteiger partial charge >= 0.3 is 5.97 Å². The van der Waals surface area contributed by atoms with E-state index in [1.54, 1.807) is 23.1 Å². The highest BCUT2D eigenvalue weighted by Gasteiger charge is 2.36. The van der Waals surface area contributed by atoms with E-state index in [0.29, 0.717) is 68.5 Å². The van der Waals surface area contributed by atoms with Crippen LogP contribution < -0.4 is 0 Å². The van der Waals surface area contributed by atoms with Gasteiger partial charge in [0, 0.05) is 50.2 Å². The van der Waals surface area contributed by atoms with E-state index in [4.69, 9.17) is 20.8 Å². The molecule has 0 bridgehead atoms. The van der Waals surface area contributed by atoms with E-state index in [9.17, 15) is 14.4 Å². The van der Waals surface area contributed by atoms with Crippen LogP contribution in [0.2, 0.25) is 5.02 Å². The molecular weight excluding hydrogens is 446 g/mol. The Morgan fingerprint density at radius 2 is 1.67 bits per heavy atom. The van der Waals surface area contributed by atoms with Gasteiger partial charge in [0.25, 0.3) is 5.91 Å². The molecule has 33 heavy (non-hydrogen) atoms. The Labute approximate surface area is 198 Å². The first-order valence-electron chi connectivity index (χ1n) is 11.2. The Kier molecular flexibility index (Phi) is 7.35. The van der Waals surface area contributed by atoms with Gasteiger partial charge in [0.2, 0.25) is 5.91 Å². The summed E-state index contributed by atoms with van der Waals surface area (Å²) in [6.45, 7) is 3.23. The fourth-order valence-electron chi connectivity index (χ4n) is 4.63. The first-order chi connectivity index (χ1) is 16.0. The molecule has 2 aromatic rings. The number of amides is 2. The number of nitrogens with zero attached hydrogens (tertiary/aromatic N) is 3. The molecule has 0 unspecified atom stereocenters. The van der Waals surface area contributed by atoms with Crippen molar-refractivity contribution in [3.8, 4) is 0 Å². The van der Waals surface area contributed by atoms with Crippen LogP contribution in [0.1, 0.15) is 35.0 Å². The summed E-state index contributed by atoms with van der Waals surface area (Å²) in [5.74, 6) is -0.150. The van der Waals surface area contributed by atoms with Crippen LogP contribution in [-0.2, 0) is 14.3 Å². The molecule has 1 aromatic heterocycles. The molecule has 0 aliphatic carbocycles. The number of carbonyl (C=O) groups excluding carboxylic acids is 3. The van der Waals surface area contributed by atoms with Gasteiger partial charge < -0.3 is 19.0 Å². The number of furan rings is 1. The van der Waals surface area contributed by atoms with E-state index in [0.717, 1.165) is 0 Å². The first kappa shape index (κ1) is 23.3. The molecule has 2 aliphatic heterocycles. The summed E-state index contributed by atoms with van der Waals surface area (Å²) in [4.78, 5) is 43.7. The third kappa shape index (κ3) is 5.07. The van der Waals surface area contributed by atoms with Gasteiger partial charge in [-0.25, -0.2) is 4.79 Å². The Balaban J connectivity index is 1.33. The molecule has 0 spiro atoms. The average Bonchev–Trinajstić information content (AvgIpc) is 3.40. The molecule has 8 nitrogen and oxygen atoms in total. The number of rotatable bonds is 5. The molecule has 2 saturated heterocycles. The first-order valence-corrected chi connectivity index (χ1v) is 11.5. The predicted molar refractivity (Wildman–Crippen MR) is 122 cm³/mol. The number of carbonyl (C=O) groups is 3. The fraction of sp³-hybridized carbons (Fsp3) is 0.458. The van der Waals surface area contributed by atoms with Crippen molar-refractivity contribution in [2.45, 2.75) is 18.9 Å². The smallest absolute Gasteiger partial charge is 0.327 e. The van der Waals surface area contributed by atoms with Crippen molar-refractivity contribution in [3.63, 3.8) is 0 Å². The maximum Gasteiger partial charge on any atom is 0.327 e. The van der Waals surface area contributed by atoms with Gasteiger partial charge in [-0.15, -0.1) is 0 Å². The van der Waals surface area contributed by atoms with Crippen LogP contribution in [0.15, 0.2) is 47.1 Å². The second kappa shape index (κ2) is 10.4. The summed E-state index contributed by atoms with van der Waals surface area (Å²) >= 11 is 6.35. The highest BCUT2D eigenvalue weighted by Crippen LogP contribution is 2.30. The summed E-state index contributed by atoms with van der Waals surface area (Å²) in [5.41, 5.74) is 0.708. The Bertz CT molecular complexity index is 980. The number of methoxy groups -OCH3 is 1. The minimum atomic E-state index is -0.600. The number of piperidine rings is 1. The van der Waals surface area contributed by atoms with Crippen molar-refractivity contribution in [3.05, 3.63) is 59.0 Å². The maximum absolute atomic E-state index is 13.1. The van der Waals surface area contributed by atoms with Crippen LogP contribution in [0.3, 0.4) is 0 Å². The lowest BCUT2D eigenvalue weighted by Crippen LogP contribution is -2.53. The van der Waals surface area contributed by atoms with Gasteiger partial charge in [-0.05, 0) is 36.6 Å². The SMILES string of the molecule is COC(=O)[C@@H](c1ccccc1Cl)N1CCN(C(=O)C2CCN(C(=O)c3ccco3)CC2)CC1. The predicted octanol–water partition coefficient (Wildman–Crippen LogP) is 2.84. The number of ether oxygens (including phenoxy) is 1. The lowest BCUT2D eigenvalue weighted by molar-refractivity contribution is -0.149. The lowest BCUT2D eigenvalue weighted by Gasteiger charge is -2.40. The summed E-state index contributed by atoms with van der Waals surface area (Å²) in [5, 5.41) is 0.516. The topological polar surface area (TPSA) is 83.3 Å². The third-order valence-corrected chi connectivity index (χ3v) is 6.82. The van der Waals surface area contributed by atoms with Crippen molar-refractivity contribution < 1.29 is 23.5 Å². The summed E-state index contributed by atoms with van der Waals surface area (Å²) in [6.07, 6.45) is 2.76. The van der Waals surface area contributed by atoms with Gasteiger partial charge in [0.15, 0.2) is 5.76 Å². The minimum absolute atomic E-state index is 0.0998. The average molecular weight is 474 g/mol. The van der Waals surface area contributed by atoms with Crippen LogP contribution in [0, 0.1) is 5.92 Å². The number of piperazine rings is 1. The maximum atomic E-state index is 13.1. The number of likely N-dealkylation sites (tertiary alicyclic amines) is 1. The summed E-state index contributed by atoms with van der Waals surface area (Å²) in [6, 6.07) is 10.0. The van der Waals surface area contributed by atoms with E-state index in [1.165, 1.54) is 13.4 Å². The zero-order valence-electron chi connectivity index (χ0n) is 18.6. The molecule has 0 radical (unpaired) electrons. The van der Waals surface area contributed by atoms with Crippen LogP contribution >= 0.6 is 11.6 Å². The van der Waals surface area contributed by atoms with Gasteiger partial charge in [-0.3, -0.25) is 14.5 Å². The van der Waals surface area contributed by atoms with Gasteiger partial charge in [0.1, 0.15) is 6.04 Å². The van der Waals surface area contributed by atoms with Crippen LogP contribution in [0.4, 0.5) is 0 Å².